The van der Waals surface area contributed by atoms with Crippen LogP contribution in [0.25, 0.3) is 39.1 Å². The van der Waals surface area contributed by atoms with Crippen LogP contribution in [0.2, 0.25) is 0 Å². The predicted molar refractivity (Wildman–Crippen MR) is 124 cm³/mol. The minimum absolute atomic E-state index is 0.289. The number of aromatic nitrogens is 2. The summed E-state index contributed by atoms with van der Waals surface area (Å²) in [6.07, 6.45) is 1.69. The Morgan fingerprint density at radius 3 is 2.29 bits per heavy atom. The second-order valence-electron chi connectivity index (χ2n) is 8.64. The van der Waals surface area contributed by atoms with E-state index in [1.54, 1.807) is 12.3 Å². The lowest BCUT2D eigenvalue weighted by atomic mass is 9.92. The van der Waals surface area contributed by atoms with Gasteiger partial charge >= 0.3 is 0 Å². The van der Waals surface area contributed by atoms with Gasteiger partial charge in [-0.1, -0.05) is 58.0 Å². The van der Waals surface area contributed by atoms with E-state index >= 15 is 0 Å². The number of imidazole rings is 1. The molecule has 0 aliphatic rings. The van der Waals surface area contributed by atoms with E-state index in [4.69, 9.17) is 9.40 Å². The predicted octanol–water partition coefficient (Wildman–Crippen LogP) is 7.82. The van der Waals surface area contributed by atoms with Gasteiger partial charge in [0.15, 0.2) is 0 Å². The first-order chi connectivity index (χ1) is 15.0. The Hall–Kier alpha value is -3.40. The van der Waals surface area contributed by atoms with Crippen molar-refractivity contribution >= 4 is 22.0 Å². The van der Waals surface area contributed by atoms with Crippen LogP contribution in [0.3, 0.4) is 0 Å². The van der Waals surface area contributed by atoms with Crippen molar-refractivity contribution in [3.63, 3.8) is 0 Å². The van der Waals surface area contributed by atoms with Gasteiger partial charge in [-0.05, 0) is 53.3 Å². The first-order valence-electron chi connectivity index (χ1n) is 10.7. The van der Waals surface area contributed by atoms with Gasteiger partial charge in [-0.25, -0.2) is 9.37 Å². The average molecular weight is 413 g/mol. The molecular formula is C27H25FN2O. The van der Waals surface area contributed by atoms with Crippen molar-refractivity contribution in [2.45, 2.75) is 39.5 Å². The lowest BCUT2D eigenvalue weighted by molar-refractivity contribution is 0.610. The van der Waals surface area contributed by atoms with Crippen molar-refractivity contribution < 1.29 is 8.81 Å². The van der Waals surface area contributed by atoms with Crippen molar-refractivity contribution in [3.8, 4) is 17.1 Å². The second kappa shape index (κ2) is 7.38. The highest BCUT2D eigenvalue weighted by Crippen LogP contribution is 2.39. The normalized spacial score (nSPS) is 12.0. The van der Waals surface area contributed by atoms with Crippen LogP contribution in [0.5, 0.6) is 0 Å². The second-order valence-corrected chi connectivity index (χ2v) is 8.64. The molecule has 0 aliphatic heterocycles. The SMILES string of the molecule is CC(C)c1cccc(C(C)C)c1-n1c(-c2coc3ccc(F)cc23)nc2ccccc21. The highest BCUT2D eigenvalue weighted by molar-refractivity contribution is 5.95. The number of halogens is 1. The van der Waals surface area contributed by atoms with Gasteiger partial charge in [0.25, 0.3) is 0 Å². The molecule has 2 heterocycles. The third-order valence-electron chi connectivity index (χ3n) is 5.90. The van der Waals surface area contributed by atoms with Crippen LogP contribution in [0, 0.1) is 5.82 Å². The molecule has 0 spiro atoms. The number of rotatable bonds is 4. The van der Waals surface area contributed by atoms with Crippen LogP contribution < -0.4 is 0 Å². The Morgan fingerprint density at radius 1 is 0.871 bits per heavy atom. The van der Waals surface area contributed by atoms with Gasteiger partial charge in [0.2, 0.25) is 0 Å². The standard InChI is InChI=1S/C27H25FN2O/c1-16(2)19-8-7-9-20(17(3)4)26(19)30-24-11-6-5-10-23(24)29-27(30)22-15-31-25-13-12-18(28)14-21(22)25/h5-17H,1-4H3. The topological polar surface area (TPSA) is 31.0 Å². The fourth-order valence-corrected chi connectivity index (χ4v) is 4.38. The molecule has 3 nitrogen and oxygen atoms in total. The van der Waals surface area contributed by atoms with Crippen LogP contribution in [0.4, 0.5) is 4.39 Å². The summed E-state index contributed by atoms with van der Waals surface area (Å²) >= 11 is 0. The molecule has 0 saturated carbocycles. The number of benzene rings is 3. The zero-order valence-corrected chi connectivity index (χ0v) is 18.2. The third kappa shape index (κ3) is 3.14. The maximum atomic E-state index is 14.1. The quantitative estimate of drug-likeness (QED) is 0.301. The van der Waals surface area contributed by atoms with Crippen LogP contribution >= 0.6 is 0 Å². The number of fused-ring (bicyclic) bond motifs is 2. The zero-order valence-electron chi connectivity index (χ0n) is 18.2. The monoisotopic (exact) mass is 412 g/mol. The Balaban J connectivity index is 1.93. The Labute approximate surface area is 181 Å². The summed E-state index contributed by atoms with van der Waals surface area (Å²) in [7, 11) is 0. The molecule has 0 amide bonds. The summed E-state index contributed by atoms with van der Waals surface area (Å²) in [6, 6.07) is 19.3. The number of hydrogen-bond donors (Lipinski definition) is 0. The van der Waals surface area contributed by atoms with Gasteiger partial charge in [0.05, 0.1) is 22.3 Å². The van der Waals surface area contributed by atoms with E-state index in [2.05, 4.69) is 56.5 Å². The van der Waals surface area contributed by atoms with Gasteiger partial charge < -0.3 is 4.42 Å². The first kappa shape index (κ1) is 19.6. The molecule has 0 bridgehead atoms. The van der Waals surface area contributed by atoms with Crippen molar-refractivity contribution in [1.82, 2.24) is 9.55 Å². The smallest absolute Gasteiger partial charge is 0.149 e. The summed E-state index contributed by atoms with van der Waals surface area (Å²) in [5, 5.41) is 0.727. The lowest BCUT2D eigenvalue weighted by Gasteiger charge is -2.22. The van der Waals surface area contributed by atoms with Gasteiger partial charge in [0.1, 0.15) is 23.5 Å². The Kier molecular flexibility index (Phi) is 4.66. The molecule has 0 radical (unpaired) electrons. The van der Waals surface area contributed by atoms with E-state index in [1.807, 2.05) is 18.2 Å². The van der Waals surface area contributed by atoms with E-state index in [-0.39, 0.29) is 5.82 Å². The van der Waals surface area contributed by atoms with Gasteiger partial charge in [-0.15, -0.1) is 0 Å². The summed E-state index contributed by atoms with van der Waals surface area (Å²) < 4.78 is 22.1. The van der Waals surface area contributed by atoms with E-state index in [0.29, 0.717) is 17.4 Å². The molecule has 0 aliphatic carbocycles. The molecule has 31 heavy (non-hydrogen) atoms. The number of nitrogens with zero attached hydrogens (tertiary/aromatic N) is 2. The Morgan fingerprint density at radius 2 is 1.58 bits per heavy atom. The molecule has 5 rings (SSSR count). The maximum Gasteiger partial charge on any atom is 0.149 e. The molecular weight excluding hydrogens is 387 g/mol. The molecule has 3 aromatic carbocycles. The van der Waals surface area contributed by atoms with Gasteiger partial charge in [0, 0.05) is 5.39 Å². The van der Waals surface area contributed by atoms with Gasteiger partial charge in [-0.2, -0.15) is 0 Å². The molecule has 0 N–H and O–H groups in total. The minimum atomic E-state index is -0.289. The van der Waals surface area contributed by atoms with Crippen LogP contribution in [0.15, 0.2) is 71.3 Å². The molecule has 4 heteroatoms. The number of furan rings is 1. The number of para-hydroxylation sites is 3. The summed E-state index contributed by atoms with van der Waals surface area (Å²) in [5.74, 6) is 1.14. The van der Waals surface area contributed by atoms with E-state index in [0.717, 1.165) is 33.5 Å². The number of hydrogen-bond acceptors (Lipinski definition) is 2. The first-order valence-corrected chi connectivity index (χ1v) is 10.7. The van der Waals surface area contributed by atoms with Crippen LogP contribution in [0.1, 0.15) is 50.7 Å². The molecule has 0 fully saturated rings. The molecule has 2 aromatic heterocycles. The molecule has 156 valence electrons. The molecule has 0 atom stereocenters. The van der Waals surface area contributed by atoms with Crippen molar-refractivity contribution in [2.75, 3.05) is 0 Å². The molecule has 5 aromatic rings. The van der Waals surface area contributed by atoms with Crippen LogP contribution in [-0.4, -0.2) is 9.55 Å². The third-order valence-corrected chi connectivity index (χ3v) is 5.90. The minimum Gasteiger partial charge on any atom is -0.464 e. The summed E-state index contributed by atoms with van der Waals surface area (Å²) in [6.45, 7) is 8.85. The van der Waals surface area contributed by atoms with Crippen molar-refractivity contribution in [3.05, 3.63) is 83.9 Å². The highest BCUT2D eigenvalue weighted by atomic mass is 19.1. The average Bonchev–Trinajstić information content (AvgIpc) is 3.33. The molecule has 0 saturated heterocycles. The van der Waals surface area contributed by atoms with E-state index in [1.165, 1.54) is 23.3 Å². The van der Waals surface area contributed by atoms with Crippen LogP contribution in [-0.2, 0) is 0 Å². The Bertz CT molecular complexity index is 1380. The largest absolute Gasteiger partial charge is 0.464 e. The van der Waals surface area contributed by atoms with E-state index in [9.17, 15) is 4.39 Å². The fourth-order valence-electron chi connectivity index (χ4n) is 4.38. The molecule has 0 unspecified atom stereocenters. The zero-order chi connectivity index (χ0) is 21.7. The van der Waals surface area contributed by atoms with Gasteiger partial charge in [-0.3, -0.25) is 4.57 Å². The van der Waals surface area contributed by atoms with Crippen molar-refractivity contribution in [2.24, 2.45) is 0 Å². The summed E-state index contributed by atoms with van der Waals surface area (Å²) in [4.78, 5) is 4.99. The highest BCUT2D eigenvalue weighted by Gasteiger charge is 2.23. The lowest BCUT2D eigenvalue weighted by Crippen LogP contribution is -2.08. The summed E-state index contributed by atoms with van der Waals surface area (Å²) in [5.41, 5.74) is 7.04. The maximum absolute atomic E-state index is 14.1. The van der Waals surface area contributed by atoms with Crippen molar-refractivity contribution in [1.29, 1.82) is 0 Å². The fraction of sp³-hybridized carbons (Fsp3) is 0.222. The van der Waals surface area contributed by atoms with E-state index < -0.39 is 0 Å².